The van der Waals surface area contributed by atoms with Crippen LogP contribution in [0.2, 0.25) is 0 Å². The fourth-order valence-corrected chi connectivity index (χ4v) is 3.21. The summed E-state index contributed by atoms with van der Waals surface area (Å²) in [6.45, 7) is 5.89. The molecule has 1 amide bonds. The van der Waals surface area contributed by atoms with E-state index in [1.165, 1.54) is 5.56 Å². The quantitative estimate of drug-likeness (QED) is 0.716. The molecule has 5 nitrogen and oxygen atoms in total. The molecule has 1 aliphatic heterocycles. The summed E-state index contributed by atoms with van der Waals surface area (Å²) in [5, 5.41) is 3.05. The zero-order valence-corrected chi connectivity index (χ0v) is 15.4. The minimum Gasteiger partial charge on any atom is -0.494 e. The topological polar surface area (TPSA) is 62.4 Å². The first-order valence-electron chi connectivity index (χ1n) is 9.28. The highest BCUT2D eigenvalue weighted by Gasteiger charge is 2.33. The van der Waals surface area contributed by atoms with Crippen molar-refractivity contribution in [2.45, 2.75) is 32.9 Å². The summed E-state index contributed by atoms with van der Waals surface area (Å²) in [6.07, 6.45) is 1.02. The lowest BCUT2D eigenvalue weighted by molar-refractivity contribution is -0.125. The zero-order chi connectivity index (χ0) is 18.4. The predicted octanol–water partition coefficient (Wildman–Crippen LogP) is 2.73. The Morgan fingerprint density at radius 2 is 1.77 bits per heavy atom. The van der Waals surface area contributed by atoms with Crippen molar-refractivity contribution in [3.8, 4) is 5.75 Å². The average molecular weight is 353 g/mol. The van der Waals surface area contributed by atoms with Crippen LogP contribution in [0.3, 0.4) is 0 Å². The second-order valence-electron chi connectivity index (χ2n) is 6.50. The second-order valence-corrected chi connectivity index (χ2v) is 6.50. The van der Waals surface area contributed by atoms with Gasteiger partial charge in [-0.3, -0.25) is 10.2 Å². The van der Waals surface area contributed by atoms with E-state index in [0.29, 0.717) is 19.7 Å². The molecule has 2 atom stereocenters. The smallest absolute Gasteiger partial charge is 0.226 e. The van der Waals surface area contributed by atoms with Gasteiger partial charge in [-0.15, -0.1) is 0 Å². The molecule has 0 aromatic heterocycles. The van der Waals surface area contributed by atoms with Gasteiger partial charge in [0.2, 0.25) is 5.91 Å². The summed E-state index contributed by atoms with van der Waals surface area (Å²) in [4.78, 5) is 12.7. The number of hydrazine groups is 1. The highest BCUT2D eigenvalue weighted by atomic mass is 16.5. The third kappa shape index (κ3) is 4.42. The predicted molar refractivity (Wildman–Crippen MR) is 103 cm³/mol. The van der Waals surface area contributed by atoms with Crippen LogP contribution in [0.5, 0.6) is 5.75 Å². The van der Waals surface area contributed by atoms with Gasteiger partial charge in [0, 0.05) is 13.1 Å². The number of rotatable bonds is 7. The Bertz CT molecular complexity index is 713. The van der Waals surface area contributed by atoms with Crippen molar-refractivity contribution in [2.75, 3.05) is 13.2 Å². The van der Waals surface area contributed by atoms with E-state index in [0.717, 1.165) is 23.3 Å². The highest BCUT2D eigenvalue weighted by Crippen LogP contribution is 2.25. The van der Waals surface area contributed by atoms with Crippen molar-refractivity contribution >= 4 is 5.91 Å². The van der Waals surface area contributed by atoms with Crippen LogP contribution in [0.4, 0.5) is 0 Å². The third-order valence-electron chi connectivity index (χ3n) is 4.77. The van der Waals surface area contributed by atoms with Gasteiger partial charge in [-0.05, 0) is 42.2 Å². The van der Waals surface area contributed by atoms with Crippen LogP contribution in [0.25, 0.3) is 0 Å². The fraction of sp³-hybridized carbons (Fsp3) is 0.381. The Morgan fingerprint density at radius 1 is 1.08 bits per heavy atom. The number of ether oxygens (including phenoxy) is 1. The largest absolute Gasteiger partial charge is 0.494 e. The lowest BCUT2D eigenvalue weighted by Crippen LogP contribution is -2.34. The summed E-state index contributed by atoms with van der Waals surface area (Å²) in [5.41, 5.74) is 9.85. The highest BCUT2D eigenvalue weighted by molar-refractivity contribution is 5.80. The van der Waals surface area contributed by atoms with Gasteiger partial charge in [0.25, 0.3) is 0 Å². The number of hydrogen-bond donors (Lipinski definition) is 3. The van der Waals surface area contributed by atoms with E-state index >= 15 is 0 Å². The molecule has 2 aromatic carbocycles. The Balaban J connectivity index is 1.59. The summed E-state index contributed by atoms with van der Waals surface area (Å²) in [6, 6.07) is 16.3. The summed E-state index contributed by atoms with van der Waals surface area (Å²) >= 11 is 0. The molecule has 3 N–H and O–H groups in total. The zero-order valence-electron chi connectivity index (χ0n) is 15.4. The lowest BCUT2D eigenvalue weighted by Gasteiger charge is -2.19. The van der Waals surface area contributed by atoms with Crippen LogP contribution in [-0.4, -0.2) is 19.1 Å². The summed E-state index contributed by atoms with van der Waals surface area (Å²) in [5.74, 6) is 0.772. The van der Waals surface area contributed by atoms with Crippen molar-refractivity contribution in [3.05, 3.63) is 65.2 Å². The van der Waals surface area contributed by atoms with Gasteiger partial charge in [0.05, 0.1) is 18.6 Å². The van der Waals surface area contributed by atoms with Crippen molar-refractivity contribution < 1.29 is 9.53 Å². The molecular formula is C21H27N3O2. The van der Waals surface area contributed by atoms with Gasteiger partial charge in [-0.2, -0.15) is 0 Å². The molecule has 1 saturated heterocycles. The molecule has 5 heteroatoms. The van der Waals surface area contributed by atoms with Crippen molar-refractivity contribution in [1.82, 2.24) is 16.2 Å². The van der Waals surface area contributed by atoms with Gasteiger partial charge in [0.1, 0.15) is 5.75 Å². The molecule has 138 valence electrons. The Kier molecular flexibility index (Phi) is 6.26. The molecule has 2 aromatic rings. The maximum absolute atomic E-state index is 12.7. The van der Waals surface area contributed by atoms with Crippen LogP contribution in [0.1, 0.15) is 36.6 Å². The van der Waals surface area contributed by atoms with Crippen LogP contribution >= 0.6 is 0 Å². The number of aryl methyl sites for hydroxylation is 1. The molecule has 26 heavy (non-hydrogen) atoms. The maximum atomic E-state index is 12.7. The minimum atomic E-state index is -0.134. The number of nitrogens with one attached hydrogen (secondary N) is 3. The second kappa shape index (κ2) is 8.83. The Morgan fingerprint density at radius 3 is 2.42 bits per heavy atom. The Labute approximate surface area is 155 Å². The molecule has 2 unspecified atom stereocenters. The first kappa shape index (κ1) is 18.4. The molecule has 1 aliphatic rings. The van der Waals surface area contributed by atoms with Crippen LogP contribution in [0, 0.1) is 5.92 Å². The number of carbonyl (C=O) groups is 1. The average Bonchev–Trinajstić information content (AvgIpc) is 3.17. The monoisotopic (exact) mass is 353 g/mol. The molecule has 0 bridgehead atoms. The van der Waals surface area contributed by atoms with Gasteiger partial charge in [0.15, 0.2) is 0 Å². The van der Waals surface area contributed by atoms with E-state index in [9.17, 15) is 4.79 Å². The summed E-state index contributed by atoms with van der Waals surface area (Å²) < 4.78 is 5.44. The van der Waals surface area contributed by atoms with Crippen LogP contribution < -0.4 is 20.9 Å². The van der Waals surface area contributed by atoms with E-state index < -0.39 is 0 Å². The molecule has 1 heterocycles. The molecule has 0 saturated carbocycles. The van der Waals surface area contributed by atoms with E-state index in [1.54, 1.807) is 0 Å². The number of amides is 1. The van der Waals surface area contributed by atoms with E-state index in [2.05, 4.69) is 47.4 Å². The molecule has 0 aliphatic carbocycles. The van der Waals surface area contributed by atoms with Crippen molar-refractivity contribution in [1.29, 1.82) is 0 Å². The standard InChI is InChI=1S/C21H27N3O2/c1-3-15-5-9-17(10-6-15)20-19(14-23-24-20)21(25)22-13-16-7-11-18(12-8-16)26-4-2/h5-12,19-20,23-24H,3-4,13-14H2,1-2H3,(H,22,25). The third-order valence-corrected chi connectivity index (χ3v) is 4.77. The molecule has 1 fully saturated rings. The lowest BCUT2D eigenvalue weighted by atomic mass is 9.93. The first-order valence-corrected chi connectivity index (χ1v) is 9.28. The summed E-state index contributed by atoms with van der Waals surface area (Å²) in [7, 11) is 0. The van der Waals surface area contributed by atoms with E-state index in [4.69, 9.17) is 4.74 Å². The number of benzene rings is 2. The first-order chi connectivity index (χ1) is 12.7. The van der Waals surface area contributed by atoms with Crippen molar-refractivity contribution in [3.63, 3.8) is 0 Å². The molecule has 0 radical (unpaired) electrons. The van der Waals surface area contributed by atoms with Gasteiger partial charge < -0.3 is 10.1 Å². The Hall–Kier alpha value is -2.37. The van der Waals surface area contributed by atoms with Gasteiger partial charge in [-0.1, -0.05) is 43.3 Å². The number of carbonyl (C=O) groups excluding carboxylic acids is 1. The minimum absolute atomic E-state index is 0.0127. The van der Waals surface area contributed by atoms with Crippen LogP contribution in [0.15, 0.2) is 48.5 Å². The van der Waals surface area contributed by atoms with Gasteiger partial charge in [-0.25, -0.2) is 5.43 Å². The maximum Gasteiger partial charge on any atom is 0.226 e. The SMILES string of the molecule is CCOc1ccc(CNC(=O)C2CNNC2c2ccc(CC)cc2)cc1. The van der Waals surface area contributed by atoms with E-state index in [-0.39, 0.29) is 17.9 Å². The number of hydrogen-bond acceptors (Lipinski definition) is 4. The molecular weight excluding hydrogens is 326 g/mol. The molecule has 0 spiro atoms. The van der Waals surface area contributed by atoms with Crippen molar-refractivity contribution in [2.24, 2.45) is 5.92 Å². The fourth-order valence-electron chi connectivity index (χ4n) is 3.21. The van der Waals surface area contributed by atoms with E-state index in [1.807, 2.05) is 31.2 Å². The normalized spacial score (nSPS) is 19.3. The van der Waals surface area contributed by atoms with Gasteiger partial charge >= 0.3 is 0 Å². The molecule has 3 rings (SSSR count). The van der Waals surface area contributed by atoms with Crippen LogP contribution in [-0.2, 0) is 17.8 Å².